The first kappa shape index (κ1) is 13.0. The minimum atomic E-state index is -3.29. The highest BCUT2D eigenvalue weighted by atomic mass is 32.2. The summed E-state index contributed by atoms with van der Waals surface area (Å²) in [6.45, 7) is 1.95. The van der Waals surface area contributed by atoms with Gasteiger partial charge in [0.1, 0.15) is 10.6 Å². The van der Waals surface area contributed by atoms with E-state index >= 15 is 0 Å². The summed E-state index contributed by atoms with van der Waals surface area (Å²) in [7, 11) is -1.84. The monoisotopic (exact) mass is 243 g/mol. The van der Waals surface area contributed by atoms with Gasteiger partial charge in [-0.2, -0.15) is 0 Å². The number of hydrogen-bond donors (Lipinski definition) is 1. The molecule has 0 unspecified atom stereocenters. The second kappa shape index (κ2) is 4.84. The van der Waals surface area contributed by atoms with Gasteiger partial charge in [-0.15, -0.1) is 0 Å². The molecule has 16 heavy (non-hydrogen) atoms. The zero-order valence-electron chi connectivity index (χ0n) is 9.73. The third kappa shape index (κ3) is 2.74. The molecule has 5 heteroatoms. The molecule has 0 saturated heterocycles. The molecule has 0 radical (unpaired) electrons. The van der Waals surface area contributed by atoms with Crippen LogP contribution in [0.25, 0.3) is 0 Å². The molecule has 0 aliphatic carbocycles. The lowest BCUT2D eigenvalue weighted by Gasteiger charge is -2.13. The maximum absolute atomic E-state index is 11.6. The summed E-state index contributed by atoms with van der Waals surface area (Å²) in [6, 6.07) is 4.87. The summed E-state index contributed by atoms with van der Waals surface area (Å²) >= 11 is 0. The zero-order valence-corrected chi connectivity index (χ0v) is 10.5. The van der Waals surface area contributed by atoms with Crippen molar-refractivity contribution >= 4 is 9.84 Å². The van der Waals surface area contributed by atoms with Crippen LogP contribution in [0.5, 0.6) is 5.75 Å². The molecule has 0 amide bonds. The van der Waals surface area contributed by atoms with Crippen LogP contribution in [0.15, 0.2) is 23.1 Å². The van der Waals surface area contributed by atoms with Gasteiger partial charge in [-0.25, -0.2) is 8.42 Å². The second-order valence-electron chi connectivity index (χ2n) is 3.70. The first-order chi connectivity index (χ1) is 7.40. The number of ether oxygens (including phenoxy) is 1. The fourth-order valence-corrected chi connectivity index (χ4v) is 2.32. The largest absolute Gasteiger partial charge is 0.495 e. The maximum atomic E-state index is 11.6. The van der Waals surface area contributed by atoms with Crippen LogP contribution >= 0.6 is 0 Å². The molecule has 0 bridgehead atoms. The third-order valence-electron chi connectivity index (χ3n) is 2.46. The molecule has 0 aromatic heterocycles. The SMILES string of the molecule is CC[C@@H](N)c1ccc(OC)c(S(C)(=O)=O)c1. The number of hydrogen-bond acceptors (Lipinski definition) is 4. The highest BCUT2D eigenvalue weighted by Crippen LogP contribution is 2.27. The van der Waals surface area contributed by atoms with Gasteiger partial charge in [-0.1, -0.05) is 13.0 Å². The summed E-state index contributed by atoms with van der Waals surface area (Å²) in [5, 5.41) is 0. The van der Waals surface area contributed by atoms with Crippen molar-refractivity contribution in [1.82, 2.24) is 0 Å². The predicted molar refractivity (Wildman–Crippen MR) is 63.3 cm³/mol. The Balaban J connectivity index is 3.33. The standard InChI is InChI=1S/C11H17NO3S/c1-4-9(12)8-5-6-10(15-2)11(7-8)16(3,13)14/h5-7,9H,4,12H2,1-3H3/t9-/m1/s1. The molecular formula is C11H17NO3S. The number of sulfone groups is 1. The first-order valence-corrected chi connectivity index (χ1v) is 6.92. The van der Waals surface area contributed by atoms with Crippen molar-refractivity contribution in [3.8, 4) is 5.75 Å². The van der Waals surface area contributed by atoms with E-state index in [1.807, 2.05) is 6.92 Å². The highest BCUT2D eigenvalue weighted by Gasteiger charge is 2.16. The molecule has 1 rings (SSSR count). The van der Waals surface area contributed by atoms with Crippen molar-refractivity contribution in [1.29, 1.82) is 0 Å². The smallest absolute Gasteiger partial charge is 0.179 e. The Morgan fingerprint density at radius 2 is 2.06 bits per heavy atom. The molecule has 0 aliphatic heterocycles. The van der Waals surface area contributed by atoms with Crippen LogP contribution in [0.1, 0.15) is 24.9 Å². The van der Waals surface area contributed by atoms with E-state index in [9.17, 15) is 8.42 Å². The Labute approximate surface area is 96.3 Å². The van der Waals surface area contributed by atoms with Gasteiger partial charge in [0.25, 0.3) is 0 Å². The predicted octanol–water partition coefficient (Wildman–Crippen LogP) is 1.51. The van der Waals surface area contributed by atoms with Gasteiger partial charge in [0.2, 0.25) is 0 Å². The van der Waals surface area contributed by atoms with Gasteiger partial charge in [0.15, 0.2) is 9.84 Å². The van der Waals surface area contributed by atoms with Crippen LogP contribution < -0.4 is 10.5 Å². The van der Waals surface area contributed by atoms with E-state index in [1.165, 1.54) is 7.11 Å². The number of rotatable bonds is 4. The van der Waals surface area contributed by atoms with E-state index < -0.39 is 9.84 Å². The lowest BCUT2D eigenvalue weighted by Crippen LogP contribution is -2.10. The summed E-state index contributed by atoms with van der Waals surface area (Å²) in [6.07, 6.45) is 1.92. The van der Waals surface area contributed by atoms with Crippen LogP contribution in [0.4, 0.5) is 0 Å². The summed E-state index contributed by atoms with van der Waals surface area (Å²) in [5.41, 5.74) is 6.67. The van der Waals surface area contributed by atoms with Crippen molar-refractivity contribution < 1.29 is 13.2 Å². The van der Waals surface area contributed by atoms with Crippen LogP contribution in [-0.2, 0) is 9.84 Å². The molecular weight excluding hydrogens is 226 g/mol. The quantitative estimate of drug-likeness (QED) is 0.870. The van der Waals surface area contributed by atoms with Crippen molar-refractivity contribution in [2.75, 3.05) is 13.4 Å². The van der Waals surface area contributed by atoms with E-state index in [-0.39, 0.29) is 10.9 Å². The highest BCUT2D eigenvalue weighted by molar-refractivity contribution is 7.90. The number of benzene rings is 1. The average Bonchev–Trinajstić information content (AvgIpc) is 2.26. The fraction of sp³-hybridized carbons (Fsp3) is 0.455. The van der Waals surface area contributed by atoms with Crippen molar-refractivity contribution in [2.45, 2.75) is 24.3 Å². The van der Waals surface area contributed by atoms with Crippen molar-refractivity contribution in [3.05, 3.63) is 23.8 Å². The van der Waals surface area contributed by atoms with Crippen LogP contribution in [-0.4, -0.2) is 21.8 Å². The van der Waals surface area contributed by atoms with Crippen molar-refractivity contribution in [2.24, 2.45) is 5.73 Å². The Bertz CT molecular complexity index is 468. The molecule has 0 fully saturated rings. The van der Waals surface area contributed by atoms with E-state index in [0.29, 0.717) is 5.75 Å². The molecule has 2 N–H and O–H groups in total. The summed E-state index contributed by atoms with van der Waals surface area (Å²) in [4.78, 5) is 0.191. The van der Waals surface area contributed by atoms with Gasteiger partial charge >= 0.3 is 0 Å². The van der Waals surface area contributed by atoms with Gasteiger partial charge in [0.05, 0.1) is 7.11 Å². The molecule has 90 valence electrons. The Morgan fingerprint density at radius 3 is 2.50 bits per heavy atom. The minimum absolute atomic E-state index is 0.147. The Morgan fingerprint density at radius 1 is 1.44 bits per heavy atom. The van der Waals surface area contributed by atoms with Crippen LogP contribution in [0, 0.1) is 0 Å². The van der Waals surface area contributed by atoms with E-state index in [0.717, 1.165) is 18.2 Å². The average molecular weight is 243 g/mol. The molecule has 1 aromatic rings. The van der Waals surface area contributed by atoms with Crippen LogP contribution in [0.3, 0.4) is 0 Å². The number of nitrogens with two attached hydrogens (primary N) is 1. The lowest BCUT2D eigenvalue weighted by molar-refractivity contribution is 0.402. The molecule has 4 nitrogen and oxygen atoms in total. The van der Waals surface area contributed by atoms with Gasteiger partial charge in [0, 0.05) is 12.3 Å². The van der Waals surface area contributed by atoms with Gasteiger partial charge < -0.3 is 10.5 Å². The molecule has 0 heterocycles. The summed E-state index contributed by atoms with van der Waals surface area (Å²) in [5.74, 6) is 0.356. The topological polar surface area (TPSA) is 69.4 Å². The van der Waals surface area contributed by atoms with Crippen molar-refractivity contribution in [3.63, 3.8) is 0 Å². The zero-order chi connectivity index (χ0) is 12.3. The minimum Gasteiger partial charge on any atom is -0.495 e. The summed E-state index contributed by atoms with van der Waals surface area (Å²) < 4.78 is 28.1. The van der Waals surface area contributed by atoms with Gasteiger partial charge in [-0.05, 0) is 24.1 Å². The molecule has 0 spiro atoms. The Hall–Kier alpha value is -1.07. The third-order valence-corrected chi connectivity index (χ3v) is 3.57. The lowest BCUT2D eigenvalue weighted by atomic mass is 10.1. The fourth-order valence-electron chi connectivity index (χ4n) is 1.45. The number of methoxy groups -OCH3 is 1. The first-order valence-electron chi connectivity index (χ1n) is 5.03. The maximum Gasteiger partial charge on any atom is 0.179 e. The van der Waals surface area contributed by atoms with E-state index in [4.69, 9.17) is 10.5 Å². The van der Waals surface area contributed by atoms with E-state index in [2.05, 4.69) is 0 Å². The molecule has 0 aliphatic rings. The molecule has 1 atom stereocenters. The second-order valence-corrected chi connectivity index (χ2v) is 5.68. The van der Waals surface area contributed by atoms with E-state index in [1.54, 1.807) is 18.2 Å². The normalized spacial score (nSPS) is 13.5. The van der Waals surface area contributed by atoms with Crippen LogP contribution in [0.2, 0.25) is 0 Å². The molecule has 1 aromatic carbocycles. The van der Waals surface area contributed by atoms with Gasteiger partial charge in [-0.3, -0.25) is 0 Å². The molecule has 0 saturated carbocycles. The Kier molecular flexibility index (Phi) is 3.93.